The van der Waals surface area contributed by atoms with Crippen molar-refractivity contribution < 1.29 is 4.79 Å². The van der Waals surface area contributed by atoms with Crippen LogP contribution < -0.4 is 16.2 Å². The van der Waals surface area contributed by atoms with Gasteiger partial charge in [0.1, 0.15) is 11.6 Å². The minimum atomic E-state index is -0.224. The number of carbonyl (C=O) groups is 1. The van der Waals surface area contributed by atoms with Gasteiger partial charge in [-0.3, -0.25) is 9.59 Å². The minimum absolute atomic E-state index is 0.0674. The molecule has 0 aliphatic heterocycles. The van der Waals surface area contributed by atoms with Crippen LogP contribution >= 0.6 is 0 Å². The molecule has 6 nitrogen and oxygen atoms in total. The van der Waals surface area contributed by atoms with Gasteiger partial charge in [0.25, 0.3) is 5.56 Å². The van der Waals surface area contributed by atoms with E-state index in [0.29, 0.717) is 17.7 Å². The molecule has 1 amide bonds. The third-order valence-corrected chi connectivity index (χ3v) is 2.23. The molecule has 0 atom stereocenters. The maximum atomic E-state index is 11.3. The van der Waals surface area contributed by atoms with Crippen molar-refractivity contribution in [3.8, 4) is 0 Å². The second kappa shape index (κ2) is 4.34. The number of amides is 1. The first kappa shape index (κ1) is 10.7. The lowest BCUT2D eigenvalue weighted by Gasteiger charge is -2.06. The van der Waals surface area contributed by atoms with Crippen molar-refractivity contribution in [3.63, 3.8) is 0 Å². The van der Waals surface area contributed by atoms with Crippen molar-refractivity contribution in [2.75, 3.05) is 11.9 Å². The molecule has 0 unspecified atom stereocenters. The van der Waals surface area contributed by atoms with Gasteiger partial charge in [-0.2, -0.15) is 0 Å². The number of H-pyrrole nitrogens is 1. The van der Waals surface area contributed by atoms with E-state index in [1.165, 1.54) is 6.07 Å². The summed E-state index contributed by atoms with van der Waals surface area (Å²) in [6.45, 7) is 1.84. The number of hydrogen-bond donors (Lipinski definition) is 3. The summed E-state index contributed by atoms with van der Waals surface area (Å²) in [6, 6.07) is 1.68. The summed E-state index contributed by atoms with van der Waals surface area (Å²) in [7, 11) is 0. The summed E-state index contributed by atoms with van der Waals surface area (Å²) in [6.07, 6.45) is 2.13. The zero-order chi connectivity index (χ0) is 11.5. The van der Waals surface area contributed by atoms with Gasteiger partial charge in [-0.1, -0.05) is 0 Å². The normalized spacial score (nSPS) is 14.6. The molecule has 1 fully saturated rings. The van der Waals surface area contributed by atoms with Crippen molar-refractivity contribution >= 4 is 11.7 Å². The molecule has 0 radical (unpaired) electrons. The number of anilines is 1. The molecule has 1 aromatic rings. The van der Waals surface area contributed by atoms with E-state index >= 15 is 0 Å². The monoisotopic (exact) mass is 222 g/mol. The van der Waals surface area contributed by atoms with Crippen LogP contribution in [0.5, 0.6) is 0 Å². The number of nitrogens with zero attached hydrogens (tertiary/aromatic N) is 1. The number of aromatic amines is 1. The fourth-order valence-corrected chi connectivity index (χ4v) is 1.35. The van der Waals surface area contributed by atoms with E-state index in [-0.39, 0.29) is 18.0 Å². The minimum Gasteiger partial charge on any atom is -0.361 e. The predicted molar refractivity (Wildman–Crippen MR) is 59.2 cm³/mol. The van der Waals surface area contributed by atoms with Gasteiger partial charge in [-0.15, -0.1) is 0 Å². The predicted octanol–water partition coefficient (Wildman–Crippen LogP) is -0.231. The first-order valence-corrected chi connectivity index (χ1v) is 5.25. The average Bonchev–Trinajstić information content (AvgIpc) is 2.97. The zero-order valence-electron chi connectivity index (χ0n) is 9.04. The lowest BCUT2D eigenvalue weighted by Crippen LogP contribution is -2.31. The van der Waals surface area contributed by atoms with Crippen LogP contribution in [0, 0.1) is 6.92 Å². The highest BCUT2D eigenvalue weighted by Gasteiger charge is 2.22. The molecule has 1 aliphatic rings. The highest BCUT2D eigenvalue weighted by molar-refractivity contribution is 5.80. The molecule has 6 heteroatoms. The Morgan fingerprint density at radius 1 is 1.62 bits per heavy atom. The molecule has 3 N–H and O–H groups in total. The number of carbonyl (C=O) groups excluding carboxylic acids is 1. The van der Waals surface area contributed by atoms with Gasteiger partial charge in [0.2, 0.25) is 5.91 Å². The number of nitrogens with one attached hydrogen (secondary N) is 3. The summed E-state index contributed by atoms with van der Waals surface area (Å²) in [5, 5.41) is 5.65. The molecule has 0 bridgehead atoms. The SMILES string of the molecule is Cc1nc(NCC(=O)NC2CC2)cc(=O)[nH]1. The van der Waals surface area contributed by atoms with Gasteiger partial charge < -0.3 is 15.6 Å². The molecule has 1 aromatic heterocycles. The van der Waals surface area contributed by atoms with E-state index in [1.807, 2.05) is 0 Å². The van der Waals surface area contributed by atoms with Crippen molar-refractivity contribution in [1.29, 1.82) is 0 Å². The molecule has 0 aromatic carbocycles. The topological polar surface area (TPSA) is 86.9 Å². The Bertz CT molecular complexity index is 450. The molecular formula is C10H14N4O2. The molecule has 1 aliphatic carbocycles. The largest absolute Gasteiger partial charge is 0.361 e. The van der Waals surface area contributed by atoms with E-state index in [9.17, 15) is 9.59 Å². The maximum Gasteiger partial charge on any atom is 0.252 e. The summed E-state index contributed by atoms with van der Waals surface area (Å²) in [5.41, 5.74) is -0.224. The zero-order valence-corrected chi connectivity index (χ0v) is 9.04. The number of aromatic nitrogens is 2. The lowest BCUT2D eigenvalue weighted by atomic mass is 10.5. The van der Waals surface area contributed by atoms with Crippen LogP contribution in [0.2, 0.25) is 0 Å². The van der Waals surface area contributed by atoms with Crippen LogP contribution in [0.25, 0.3) is 0 Å². The molecule has 86 valence electrons. The Balaban J connectivity index is 1.88. The molecule has 0 saturated heterocycles. The number of hydrogen-bond acceptors (Lipinski definition) is 4. The molecular weight excluding hydrogens is 208 g/mol. The highest BCUT2D eigenvalue weighted by atomic mass is 16.2. The Morgan fingerprint density at radius 3 is 3.00 bits per heavy atom. The van der Waals surface area contributed by atoms with Crippen LogP contribution in [0.4, 0.5) is 5.82 Å². The summed E-state index contributed by atoms with van der Waals surface area (Å²) >= 11 is 0. The van der Waals surface area contributed by atoms with E-state index in [2.05, 4.69) is 20.6 Å². The smallest absolute Gasteiger partial charge is 0.252 e. The lowest BCUT2D eigenvalue weighted by molar-refractivity contribution is -0.119. The second-order valence-electron chi connectivity index (χ2n) is 3.91. The van der Waals surface area contributed by atoms with Gasteiger partial charge in [-0.25, -0.2) is 4.98 Å². The first-order valence-electron chi connectivity index (χ1n) is 5.25. The molecule has 1 heterocycles. The third-order valence-electron chi connectivity index (χ3n) is 2.23. The highest BCUT2D eigenvalue weighted by Crippen LogP contribution is 2.18. The van der Waals surface area contributed by atoms with E-state index < -0.39 is 0 Å². The standard InChI is InChI=1S/C10H14N4O2/c1-6-12-8(4-9(15)13-6)11-5-10(16)14-7-2-3-7/h4,7H,2-3,5H2,1H3,(H,14,16)(H2,11,12,13,15). The van der Waals surface area contributed by atoms with Crippen molar-refractivity contribution in [2.45, 2.75) is 25.8 Å². The van der Waals surface area contributed by atoms with Gasteiger partial charge in [0.15, 0.2) is 0 Å². The van der Waals surface area contributed by atoms with Crippen LogP contribution in [0.15, 0.2) is 10.9 Å². The number of rotatable bonds is 4. The summed E-state index contributed by atoms with van der Waals surface area (Å²) < 4.78 is 0. The molecule has 1 saturated carbocycles. The van der Waals surface area contributed by atoms with Crippen molar-refractivity contribution in [3.05, 3.63) is 22.2 Å². The van der Waals surface area contributed by atoms with Crippen LogP contribution in [0.1, 0.15) is 18.7 Å². The van der Waals surface area contributed by atoms with Crippen molar-refractivity contribution in [2.24, 2.45) is 0 Å². The van der Waals surface area contributed by atoms with Crippen molar-refractivity contribution in [1.82, 2.24) is 15.3 Å². The molecule has 0 spiro atoms. The fourth-order valence-electron chi connectivity index (χ4n) is 1.35. The molecule has 16 heavy (non-hydrogen) atoms. The van der Waals surface area contributed by atoms with Gasteiger partial charge in [0.05, 0.1) is 6.54 Å². The average molecular weight is 222 g/mol. The van der Waals surface area contributed by atoms with E-state index in [0.717, 1.165) is 12.8 Å². The van der Waals surface area contributed by atoms with Gasteiger partial charge >= 0.3 is 0 Å². The van der Waals surface area contributed by atoms with Crippen LogP contribution in [-0.4, -0.2) is 28.5 Å². The Labute approximate surface area is 92.5 Å². The second-order valence-corrected chi connectivity index (χ2v) is 3.91. The maximum absolute atomic E-state index is 11.3. The summed E-state index contributed by atoms with van der Waals surface area (Å²) in [4.78, 5) is 29.0. The van der Waals surface area contributed by atoms with Gasteiger partial charge in [0, 0.05) is 12.1 Å². The Morgan fingerprint density at radius 2 is 2.38 bits per heavy atom. The first-order chi connectivity index (χ1) is 7.63. The number of aryl methyl sites for hydroxylation is 1. The Kier molecular flexibility index (Phi) is 2.89. The Hall–Kier alpha value is -1.85. The van der Waals surface area contributed by atoms with E-state index in [1.54, 1.807) is 6.92 Å². The molecule has 2 rings (SSSR count). The van der Waals surface area contributed by atoms with E-state index in [4.69, 9.17) is 0 Å². The summed E-state index contributed by atoms with van der Waals surface area (Å²) in [5.74, 6) is 0.882. The quantitative estimate of drug-likeness (QED) is 0.656. The van der Waals surface area contributed by atoms with Gasteiger partial charge in [-0.05, 0) is 19.8 Å². The fraction of sp³-hybridized carbons (Fsp3) is 0.500. The van der Waals surface area contributed by atoms with Crippen LogP contribution in [0.3, 0.4) is 0 Å². The third kappa shape index (κ3) is 3.08. The van der Waals surface area contributed by atoms with Crippen LogP contribution in [-0.2, 0) is 4.79 Å².